The van der Waals surface area contributed by atoms with Crippen molar-refractivity contribution < 1.29 is 26.3 Å². The summed E-state index contributed by atoms with van der Waals surface area (Å²) in [6.07, 6.45) is -9.21. The summed E-state index contributed by atoms with van der Waals surface area (Å²) in [5.41, 5.74) is -1.34. The molecule has 0 aromatic heterocycles. The molecule has 2 nitrogen and oxygen atoms in total. The minimum Gasteiger partial charge on any atom is -0.388 e. The van der Waals surface area contributed by atoms with E-state index in [0.717, 1.165) is 24.3 Å². The van der Waals surface area contributed by atoms with E-state index in [0.29, 0.717) is 0 Å². The fourth-order valence-corrected chi connectivity index (χ4v) is 2.30. The lowest BCUT2D eigenvalue weighted by Gasteiger charge is -2.18. The first-order valence-electron chi connectivity index (χ1n) is 7.22. The molecule has 1 N–H and O–H groups in total. The summed E-state index contributed by atoms with van der Waals surface area (Å²) in [5, 5.41) is 2.60. The Hall–Kier alpha value is -2.38. The SMILES string of the molecule is CNc1cc(-c2cc(N(C)C)cc(C(F)(F)F)c2)cc(C(F)(F)F)c1. The van der Waals surface area contributed by atoms with Crippen LogP contribution in [0.4, 0.5) is 37.7 Å². The topological polar surface area (TPSA) is 15.3 Å². The van der Waals surface area contributed by atoms with Crippen molar-refractivity contribution in [2.75, 3.05) is 31.4 Å². The van der Waals surface area contributed by atoms with Gasteiger partial charge in [0.15, 0.2) is 0 Å². The predicted octanol–water partition coefficient (Wildman–Crippen LogP) is 5.50. The summed E-state index contributed by atoms with van der Waals surface area (Å²) in [7, 11) is 4.56. The third-order valence-corrected chi connectivity index (χ3v) is 3.64. The molecule has 2 aromatic rings. The van der Waals surface area contributed by atoms with Gasteiger partial charge in [-0.15, -0.1) is 0 Å². The van der Waals surface area contributed by atoms with Crippen molar-refractivity contribution in [1.29, 1.82) is 0 Å². The molecule has 0 amide bonds. The van der Waals surface area contributed by atoms with Gasteiger partial charge in [0.1, 0.15) is 0 Å². The van der Waals surface area contributed by atoms with Crippen LogP contribution in [0.5, 0.6) is 0 Å². The fourth-order valence-electron chi connectivity index (χ4n) is 2.30. The van der Waals surface area contributed by atoms with Crippen molar-refractivity contribution in [3.8, 4) is 11.1 Å². The highest BCUT2D eigenvalue weighted by atomic mass is 19.4. The minimum absolute atomic E-state index is 0.0494. The number of hydrogen-bond donors (Lipinski definition) is 1. The van der Waals surface area contributed by atoms with E-state index in [4.69, 9.17) is 0 Å². The van der Waals surface area contributed by atoms with Gasteiger partial charge >= 0.3 is 12.4 Å². The van der Waals surface area contributed by atoms with Crippen LogP contribution in [0.1, 0.15) is 11.1 Å². The Balaban J connectivity index is 2.70. The summed E-state index contributed by atoms with van der Waals surface area (Å²) < 4.78 is 78.6. The molecule has 2 rings (SSSR count). The fraction of sp³-hybridized carbons (Fsp3) is 0.294. The van der Waals surface area contributed by atoms with Gasteiger partial charge in [0.25, 0.3) is 0 Å². The highest BCUT2D eigenvalue weighted by molar-refractivity contribution is 5.74. The van der Waals surface area contributed by atoms with E-state index in [-0.39, 0.29) is 22.5 Å². The lowest BCUT2D eigenvalue weighted by atomic mass is 9.98. The number of nitrogens with one attached hydrogen (secondary N) is 1. The molecule has 0 radical (unpaired) electrons. The molecule has 0 unspecified atom stereocenters. The van der Waals surface area contributed by atoms with Crippen LogP contribution in [0, 0.1) is 0 Å². The molecular weight excluding hydrogens is 346 g/mol. The molecule has 0 bridgehead atoms. The lowest BCUT2D eigenvalue weighted by Crippen LogP contribution is -2.12. The van der Waals surface area contributed by atoms with Crippen LogP contribution in [-0.2, 0) is 12.4 Å². The van der Waals surface area contributed by atoms with Crippen molar-refractivity contribution in [3.05, 3.63) is 47.5 Å². The van der Waals surface area contributed by atoms with Crippen LogP contribution in [0.3, 0.4) is 0 Å². The van der Waals surface area contributed by atoms with Crippen LogP contribution in [0.15, 0.2) is 36.4 Å². The molecule has 136 valence electrons. The first kappa shape index (κ1) is 19.0. The van der Waals surface area contributed by atoms with Crippen molar-refractivity contribution in [2.45, 2.75) is 12.4 Å². The third kappa shape index (κ3) is 4.37. The zero-order valence-electron chi connectivity index (χ0n) is 13.7. The normalized spacial score (nSPS) is 12.2. The van der Waals surface area contributed by atoms with E-state index >= 15 is 0 Å². The van der Waals surface area contributed by atoms with Crippen LogP contribution in [-0.4, -0.2) is 21.1 Å². The van der Waals surface area contributed by atoms with Gasteiger partial charge in [-0.1, -0.05) is 0 Å². The number of anilines is 2. The number of alkyl halides is 6. The first-order valence-corrected chi connectivity index (χ1v) is 7.22. The lowest BCUT2D eigenvalue weighted by molar-refractivity contribution is -0.138. The van der Waals surface area contributed by atoms with Crippen LogP contribution >= 0.6 is 0 Å². The summed E-state index contributed by atoms with van der Waals surface area (Å²) >= 11 is 0. The minimum atomic E-state index is -4.60. The van der Waals surface area contributed by atoms with Crippen molar-refractivity contribution in [1.82, 2.24) is 0 Å². The number of hydrogen-bond acceptors (Lipinski definition) is 2. The predicted molar refractivity (Wildman–Crippen MR) is 85.8 cm³/mol. The van der Waals surface area contributed by atoms with Gasteiger partial charge < -0.3 is 10.2 Å². The Labute approximate surface area is 141 Å². The molecule has 0 saturated heterocycles. The molecule has 0 heterocycles. The van der Waals surface area contributed by atoms with Crippen LogP contribution in [0.25, 0.3) is 11.1 Å². The molecule has 25 heavy (non-hydrogen) atoms. The van der Waals surface area contributed by atoms with E-state index in [1.54, 1.807) is 14.1 Å². The third-order valence-electron chi connectivity index (χ3n) is 3.64. The van der Waals surface area contributed by atoms with Gasteiger partial charge in [0.2, 0.25) is 0 Å². The van der Waals surface area contributed by atoms with Crippen LogP contribution < -0.4 is 10.2 Å². The number of halogens is 6. The Morgan fingerprint density at radius 2 is 1.20 bits per heavy atom. The number of benzene rings is 2. The highest BCUT2D eigenvalue weighted by Gasteiger charge is 2.33. The molecule has 0 atom stereocenters. The van der Waals surface area contributed by atoms with E-state index in [9.17, 15) is 26.3 Å². The van der Waals surface area contributed by atoms with Gasteiger partial charge in [-0.25, -0.2) is 0 Å². The van der Waals surface area contributed by atoms with E-state index in [2.05, 4.69) is 5.32 Å². The summed E-state index contributed by atoms with van der Waals surface area (Å²) in [6.45, 7) is 0. The van der Waals surface area contributed by atoms with Gasteiger partial charge in [0.05, 0.1) is 11.1 Å². The van der Waals surface area contributed by atoms with Crippen molar-refractivity contribution in [2.24, 2.45) is 0 Å². The zero-order valence-corrected chi connectivity index (χ0v) is 13.7. The summed E-state index contributed by atoms with van der Waals surface area (Å²) in [6, 6.07) is 6.35. The molecule has 0 aliphatic rings. The standard InChI is InChI=1S/C17H16F6N2/c1-24-14-6-10(4-12(8-14)16(18,19)20)11-5-13(17(21,22)23)9-15(7-11)25(2)3/h4-9,24H,1-3H3. The Bertz CT molecular complexity index is 763. The Morgan fingerprint density at radius 1 is 0.720 bits per heavy atom. The average molecular weight is 362 g/mol. The number of rotatable bonds is 3. The monoisotopic (exact) mass is 362 g/mol. The second-order valence-corrected chi connectivity index (χ2v) is 5.71. The summed E-state index contributed by atoms with van der Waals surface area (Å²) in [4.78, 5) is 1.46. The molecule has 2 aromatic carbocycles. The maximum atomic E-state index is 13.1. The van der Waals surface area contributed by atoms with Gasteiger partial charge in [0, 0.05) is 32.5 Å². The van der Waals surface area contributed by atoms with Gasteiger partial charge in [-0.3, -0.25) is 0 Å². The van der Waals surface area contributed by atoms with Crippen LogP contribution in [0.2, 0.25) is 0 Å². The van der Waals surface area contributed by atoms with Crippen molar-refractivity contribution >= 4 is 11.4 Å². The van der Waals surface area contributed by atoms with Crippen molar-refractivity contribution in [3.63, 3.8) is 0 Å². The largest absolute Gasteiger partial charge is 0.416 e. The molecule has 0 aliphatic carbocycles. The van der Waals surface area contributed by atoms with E-state index < -0.39 is 23.5 Å². The second-order valence-electron chi connectivity index (χ2n) is 5.71. The zero-order chi connectivity index (χ0) is 19.0. The molecule has 0 fully saturated rings. The van der Waals surface area contributed by atoms with E-state index in [1.165, 1.54) is 24.1 Å². The highest BCUT2D eigenvalue weighted by Crippen LogP contribution is 2.38. The summed E-state index contributed by atoms with van der Waals surface area (Å²) in [5.74, 6) is 0. The molecule has 8 heteroatoms. The first-order chi connectivity index (χ1) is 11.4. The maximum absolute atomic E-state index is 13.1. The Kier molecular flexibility index (Phi) is 4.92. The smallest absolute Gasteiger partial charge is 0.388 e. The number of nitrogens with zero attached hydrogens (tertiary/aromatic N) is 1. The van der Waals surface area contributed by atoms with Gasteiger partial charge in [-0.05, 0) is 47.5 Å². The Morgan fingerprint density at radius 3 is 1.64 bits per heavy atom. The average Bonchev–Trinajstić information content (AvgIpc) is 2.52. The quantitative estimate of drug-likeness (QED) is 0.726. The van der Waals surface area contributed by atoms with Gasteiger partial charge in [-0.2, -0.15) is 26.3 Å². The molecule has 0 saturated carbocycles. The maximum Gasteiger partial charge on any atom is 0.416 e. The molecular formula is C17H16F6N2. The second kappa shape index (κ2) is 6.50. The van der Waals surface area contributed by atoms with E-state index in [1.807, 2.05) is 0 Å². The molecule has 0 spiro atoms. The molecule has 0 aliphatic heterocycles.